The number of rotatable bonds is 6. The number of aryl methyl sites for hydroxylation is 1. The quantitative estimate of drug-likeness (QED) is 0.257. The summed E-state index contributed by atoms with van der Waals surface area (Å²) < 4.78 is 5.36. The third kappa shape index (κ3) is 3.55. The van der Waals surface area contributed by atoms with Crippen molar-refractivity contribution in [2.24, 2.45) is 5.92 Å². The van der Waals surface area contributed by atoms with E-state index in [0.717, 1.165) is 5.56 Å². The molecule has 0 spiro atoms. The normalized spacial score (nSPS) is 22.1. The van der Waals surface area contributed by atoms with Gasteiger partial charge in [-0.25, -0.2) is 0 Å². The van der Waals surface area contributed by atoms with Crippen molar-refractivity contribution in [1.29, 1.82) is 0 Å². The van der Waals surface area contributed by atoms with Gasteiger partial charge in [0, 0.05) is 30.1 Å². The van der Waals surface area contributed by atoms with E-state index in [0.29, 0.717) is 23.4 Å². The standard InChI is InChI=1S/C18H18N2O6S/c1-10-3-5-13(6-4-10)20(9-21)16(26-11(2)22)12-7-19-15(23)14(18(24)25)17(19)27-8-12/h3-7,9,14,16-17H,8H2,1-2H3,(H,24,25)/t14?,16?,17-/m1/s1. The van der Waals surface area contributed by atoms with Crippen LogP contribution in [0.1, 0.15) is 12.5 Å². The van der Waals surface area contributed by atoms with Crippen molar-refractivity contribution in [1.82, 2.24) is 4.90 Å². The zero-order valence-corrected chi connectivity index (χ0v) is 15.5. The molecule has 1 fully saturated rings. The Morgan fingerprint density at radius 3 is 2.59 bits per heavy atom. The van der Waals surface area contributed by atoms with Gasteiger partial charge < -0.3 is 14.7 Å². The van der Waals surface area contributed by atoms with Crippen LogP contribution in [0.25, 0.3) is 0 Å². The van der Waals surface area contributed by atoms with Crippen LogP contribution in [-0.2, 0) is 23.9 Å². The summed E-state index contributed by atoms with van der Waals surface area (Å²) in [6.07, 6.45) is 1.03. The highest BCUT2D eigenvalue weighted by atomic mass is 32.2. The highest BCUT2D eigenvalue weighted by Crippen LogP contribution is 2.41. The van der Waals surface area contributed by atoms with Crippen LogP contribution in [0.3, 0.4) is 0 Å². The van der Waals surface area contributed by atoms with Gasteiger partial charge >= 0.3 is 11.9 Å². The van der Waals surface area contributed by atoms with Crippen molar-refractivity contribution in [3.05, 3.63) is 41.6 Å². The molecule has 1 aromatic carbocycles. The molecule has 3 atom stereocenters. The molecule has 8 nitrogen and oxygen atoms in total. The van der Waals surface area contributed by atoms with Crippen molar-refractivity contribution in [3.63, 3.8) is 0 Å². The van der Waals surface area contributed by atoms with E-state index in [2.05, 4.69) is 0 Å². The largest absolute Gasteiger partial charge is 0.481 e. The molecule has 2 heterocycles. The van der Waals surface area contributed by atoms with Gasteiger partial charge in [0.15, 0.2) is 5.92 Å². The molecule has 1 saturated heterocycles. The molecular weight excluding hydrogens is 372 g/mol. The zero-order chi connectivity index (χ0) is 19.7. The van der Waals surface area contributed by atoms with E-state index >= 15 is 0 Å². The number of carboxylic acid groups (broad SMARTS) is 1. The van der Waals surface area contributed by atoms with E-state index in [-0.39, 0.29) is 0 Å². The third-order valence-corrected chi connectivity index (χ3v) is 5.71. The molecule has 0 radical (unpaired) electrons. The molecule has 142 valence electrons. The van der Waals surface area contributed by atoms with E-state index in [4.69, 9.17) is 9.84 Å². The lowest BCUT2D eigenvalue weighted by Gasteiger charge is -2.46. The maximum Gasteiger partial charge on any atom is 0.319 e. The van der Waals surface area contributed by atoms with Crippen LogP contribution in [0.4, 0.5) is 5.69 Å². The Morgan fingerprint density at radius 1 is 1.37 bits per heavy atom. The number of fused-ring (bicyclic) bond motifs is 1. The van der Waals surface area contributed by atoms with Crippen LogP contribution < -0.4 is 4.90 Å². The second kappa shape index (κ2) is 7.43. The SMILES string of the molecule is CC(=O)OC(C1=CN2C(=O)C(C(=O)O)[C@H]2SC1)N(C=O)c1ccc(C)cc1. The molecule has 1 N–H and O–H groups in total. The highest BCUT2D eigenvalue weighted by molar-refractivity contribution is 8.00. The number of carbonyl (C=O) groups excluding carboxylic acids is 3. The first kappa shape index (κ1) is 19.0. The van der Waals surface area contributed by atoms with Gasteiger partial charge in [-0.3, -0.25) is 24.1 Å². The van der Waals surface area contributed by atoms with Crippen molar-refractivity contribution in [2.45, 2.75) is 25.4 Å². The number of ether oxygens (including phenoxy) is 1. The Kier molecular flexibility index (Phi) is 5.22. The minimum Gasteiger partial charge on any atom is -0.481 e. The number of hydrogen-bond donors (Lipinski definition) is 1. The number of amides is 2. The van der Waals surface area contributed by atoms with Crippen molar-refractivity contribution < 1.29 is 29.0 Å². The summed E-state index contributed by atoms with van der Waals surface area (Å²) in [5, 5.41) is 8.64. The molecular formula is C18H18N2O6S. The van der Waals surface area contributed by atoms with Gasteiger partial charge in [-0.2, -0.15) is 0 Å². The number of anilines is 1. The van der Waals surface area contributed by atoms with Crippen molar-refractivity contribution in [3.8, 4) is 0 Å². The number of carbonyl (C=O) groups is 4. The van der Waals surface area contributed by atoms with Gasteiger partial charge in [-0.05, 0) is 19.1 Å². The van der Waals surface area contributed by atoms with Crippen LogP contribution >= 0.6 is 11.8 Å². The first-order valence-corrected chi connectivity index (χ1v) is 9.23. The highest BCUT2D eigenvalue weighted by Gasteiger charge is 2.53. The molecule has 2 amide bonds. The number of carboxylic acids is 1. The molecule has 2 unspecified atom stereocenters. The summed E-state index contributed by atoms with van der Waals surface area (Å²) in [5.74, 6) is -3.00. The minimum atomic E-state index is -1.16. The summed E-state index contributed by atoms with van der Waals surface area (Å²) in [6.45, 7) is 3.15. The Bertz CT molecular complexity index is 822. The molecule has 0 saturated carbocycles. The van der Waals surface area contributed by atoms with Gasteiger partial charge in [0.25, 0.3) is 0 Å². The van der Waals surface area contributed by atoms with E-state index in [1.165, 1.54) is 34.7 Å². The maximum atomic E-state index is 12.1. The molecule has 0 bridgehead atoms. The smallest absolute Gasteiger partial charge is 0.319 e. The summed E-state index contributed by atoms with van der Waals surface area (Å²) in [4.78, 5) is 49.2. The van der Waals surface area contributed by atoms with Gasteiger partial charge in [0.05, 0.1) is 0 Å². The number of esters is 1. The van der Waals surface area contributed by atoms with Crippen LogP contribution in [-0.4, -0.2) is 51.6 Å². The Balaban J connectivity index is 1.91. The lowest BCUT2D eigenvalue weighted by molar-refractivity contribution is -0.161. The number of β-lactam (4-membered cyclic amide) rings is 1. The zero-order valence-electron chi connectivity index (χ0n) is 14.7. The van der Waals surface area contributed by atoms with Gasteiger partial charge in [0.2, 0.25) is 18.5 Å². The number of nitrogens with zero attached hydrogens (tertiary/aromatic N) is 2. The van der Waals surface area contributed by atoms with Gasteiger partial charge in [-0.15, -0.1) is 11.8 Å². The lowest BCUT2D eigenvalue weighted by atomic mass is 9.98. The second-order valence-electron chi connectivity index (χ2n) is 6.28. The van der Waals surface area contributed by atoms with Crippen LogP contribution in [0.2, 0.25) is 0 Å². The van der Waals surface area contributed by atoms with Crippen LogP contribution in [0, 0.1) is 12.8 Å². The second-order valence-corrected chi connectivity index (χ2v) is 7.38. The first-order valence-electron chi connectivity index (χ1n) is 8.18. The van der Waals surface area contributed by atoms with E-state index in [1.807, 2.05) is 19.1 Å². The predicted octanol–water partition coefficient (Wildman–Crippen LogP) is 1.35. The summed E-state index contributed by atoms with van der Waals surface area (Å²) in [5.41, 5.74) is 2.07. The van der Waals surface area contributed by atoms with Crippen molar-refractivity contribution >= 4 is 41.7 Å². The molecule has 2 aliphatic rings. The fourth-order valence-corrected chi connectivity index (χ4v) is 4.33. The average Bonchev–Trinajstić information content (AvgIpc) is 2.61. The van der Waals surface area contributed by atoms with E-state index < -0.39 is 35.4 Å². The number of hydrogen-bond acceptors (Lipinski definition) is 6. The predicted molar refractivity (Wildman–Crippen MR) is 97.6 cm³/mol. The molecule has 3 rings (SSSR count). The summed E-state index contributed by atoms with van der Waals surface area (Å²) in [6, 6.07) is 7.11. The molecule has 27 heavy (non-hydrogen) atoms. The third-order valence-electron chi connectivity index (χ3n) is 4.36. The maximum absolute atomic E-state index is 12.1. The average molecular weight is 390 g/mol. The summed E-state index contributed by atoms with van der Waals surface area (Å²) >= 11 is 1.26. The number of benzene rings is 1. The molecule has 0 aromatic heterocycles. The Hall–Kier alpha value is -2.81. The fourth-order valence-electron chi connectivity index (χ4n) is 3.00. The van der Waals surface area contributed by atoms with Gasteiger partial charge in [-0.1, -0.05) is 17.7 Å². The molecule has 1 aromatic rings. The lowest BCUT2D eigenvalue weighted by Crippen LogP contribution is -2.61. The molecule has 2 aliphatic heterocycles. The number of thioether (sulfide) groups is 1. The Morgan fingerprint density at radius 2 is 2.04 bits per heavy atom. The monoisotopic (exact) mass is 390 g/mol. The summed E-state index contributed by atoms with van der Waals surface area (Å²) in [7, 11) is 0. The topological polar surface area (TPSA) is 104 Å². The number of aliphatic carboxylic acids is 1. The fraction of sp³-hybridized carbons (Fsp3) is 0.333. The van der Waals surface area contributed by atoms with Crippen LogP contribution in [0.15, 0.2) is 36.0 Å². The minimum absolute atomic E-state index is 0.326. The Labute approximate surface area is 159 Å². The molecule has 9 heteroatoms. The van der Waals surface area contributed by atoms with E-state index in [9.17, 15) is 19.2 Å². The molecule has 0 aliphatic carbocycles. The first-order chi connectivity index (χ1) is 12.8. The van der Waals surface area contributed by atoms with Crippen molar-refractivity contribution in [2.75, 3.05) is 10.7 Å². The van der Waals surface area contributed by atoms with E-state index in [1.54, 1.807) is 12.1 Å². The van der Waals surface area contributed by atoms with Crippen LogP contribution in [0.5, 0.6) is 0 Å². The van der Waals surface area contributed by atoms with Gasteiger partial charge in [0.1, 0.15) is 5.37 Å².